The maximum absolute atomic E-state index is 11.3. The Morgan fingerprint density at radius 3 is 2.79 bits per heavy atom. The fraction of sp³-hybridized carbons (Fsp3) is 0.625. The third-order valence-corrected chi connectivity index (χ3v) is 6.73. The van der Waals surface area contributed by atoms with Gasteiger partial charge < -0.3 is 5.11 Å². The quantitative estimate of drug-likeness (QED) is 0.801. The predicted molar refractivity (Wildman–Crippen MR) is 77.4 cm³/mol. The molecule has 0 saturated heterocycles. The zero-order valence-corrected chi connectivity index (χ0v) is 12.3. The summed E-state index contributed by atoms with van der Waals surface area (Å²) in [7, 11) is 0. The molecular formula is C16H18Cl2O. The van der Waals surface area contributed by atoms with Crippen molar-refractivity contribution in [2.75, 3.05) is 0 Å². The predicted octanol–water partition coefficient (Wildman–Crippen LogP) is 4.64. The summed E-state index contributed by atoms with van der Waals surface area (Å²) in [4.78, 5) is 0. The van der Waals surface area contributed by atoms with Crippen molar-refractivity contribution in [3.63, 3.8) is 0 Å². The molecule has 3 saturated carbocycles. The summed E-state index contributed by atoms with van der Waals surface area (Å²) >= 11 is 12.5. The highest BCUT2D eigenvalue weighted by molar-refractivity contribution is 6.42. The van der Waals surface area contributed by atoms with Crippen molar-refractivity contribution < 1.29 is 5.11 Å². The summed E-state index contributed by atoms with van der Waals surface area (Å²) in [5, 5.41) is 12.4. The van der Waals surface area contributed by atoms with Crippen LogP contribution in [-0.4, -0.2) is 5.11 Å². The van der Waals surface area contributed by atoms with Crippen LogP contribution in [0.4, 0.5) is 0 Å². The minimum absolute atomic E-state index is 0.390. The van der Waals surface area contributed by atoms with Gasteiger partial charge in [0, 0.05) is 5.56 Å². The lowest BCUT2D eigenvalue weighted by Crippen LogP contribution is -2.39. The van der Waals surface area contributed by atoms with Gasteiger partial charge in [-0.1, -0.05) is 41.8 Å². The van der Waals surface area contributed by atoms with Crippen LogP contribution >= 0.6 is 23.2 Å². The highest BCUT2D eigenvalue weighted by Crippen LogP contribution is 2.65. The molecule has 0 radical (unpaired) electrons. The van der Waals surface area contributed by atoms with Crippen molar-refractivity contribution in [3.05, 3.63) is 33.8 Å². The van der Waals surface area contributed by atoms with Gasteiger partial charge in [-0.25, -0.2) is 0 Å². The van der Waals surface area contributed by atoms with Crippen LogP contribution in [0, 0.1) is 23.7 Å². The molecule has 0 spiro atoms. The second-order valence-corrected chi connectivity index (χ2v) is 7.38. The smallest absolute Gasteiger partial charge is 0.0945 e. The lowest BCUT2D eigenvalue weighted by Gasteiger charge is -2.40. The SMILES string of the molecule is OC1(c2cccc(Cl)c2Cl)CC2CC1C1CCCC21. The molecule has 0 aromatic heterocycles. The van der Waals surface area contributed by atoms with Crippen molar-refractivity contribution in [2.45, 2.75) is 37.7 Å². The van der Waals surface area contributed by atoms with E-state index in [-0.39, 0.29) is 0 Å². The first kappa shape index (κ1) is 12.5. The number of benzene rings is 1. The summed E-state index contributed by atoms with van der Waals surface area (Å²) in [6, 6.07) is 5.65. The van der Waals surface area contributed by atoms with E-state index in [9.17, 15) is 5.11 Å². The van der Waals surface area contributed by atoms with Crippen molar-refractivity contribution in [1.29, 1.82) is 0 Å². The molecular weight excluding hydrogens is 279 g/mol. The highest BCUT2D eigenvalue weighted by Gasteiger charge is 2.61. The Morgan fingerprint density at radius 1 is 1.16 bits per heavy atom. The van der Waals surface area contributed by atoms with Crippen molar-refractivity contribution in [3.8, 4) is 0 Å². The van der Waals surface area contributed by atoms with E-state index in [1.54, 1.807) is 6.07 Å². The van der Waals surface area contributed by atoms with E-state index < -0.39 is 5.60 Å². The zero-order valence-electron chi connectivity index (χ0n) is 10.8. The van der Waals surface area contributed by atoms with Gasteiger partial charge in [0.15, 0.2) is 0 Å². The minimum Gasteiger partial charge on any atom is -0.385 e. The van der Waals surface area contributed by atoms with E-state index in [1.165, 1.54) is 25.7 Å². The molecule has 0 aliphatic heterocycles. The molecule has 5 unspecified atom stereocenters. The van der Waals surface area contributed by atoms with Gasteiger partial charge in [-0.05, 0) is 55.4 Å². The molecule has 4 rings (SSSR count). The van der Waals surface area contributed by atoms with Gasteiger partial charge in [-0.15, -0.1) is 0 Å². The fourth-order valence-electron chi connectivity index (χ4n) is 5.26. The lowest BCUT2D eigenvalue weighted by molar-refractivity contribution is -0.0511. The van der Waals surface area contributed by atoms with Gasteiger partial charge in [-0.3, -0.25) is 0 Å². The van der Waals surface area contributed by atoms with Crippen molar-refractivity contribution in [2.24, 2.45) is 23.7 Å². The van der Waals surface area contributed by atoms with E-state index in [2.05, 4.69) is 0 Å². The molecule has 3 fully saturated rings. The van der Waals surface area contributed by atoms with Gasteiger partial charge >= 0.3 is 0 Å². The molecule has 0 heterocycles. The average molecular weight is 297 g/mol. The maximum Gasteiger partial charge on any atom is 0.0945 e. The summed E-state index contributed by atoms with van der Waals surface area (Å²) in [6.45, 7) is 0. The number of hydrogen-bond donors (Lipinski definition) is 1. The molecule has 3 aliphatic carbocycles. The van der Waals surface area contributed by atoms with E-state index in [1.807, 2.05) is 12.1 Å². The average Bonchev–Trinajstić information content (AvgIpc) is 3.03. The van der Waals surface area contributed by atoms with Crippen LogP contribution in [0.15, 0.2) is 18.2 Å². The topological polar surface area (TPSA) is 20.2 Å². The normalized spacial score (nSPS) is 43.7. The van der Waals surface area contributed by atoms with Gasteiger partial charge in [0.1, 0.15) is 0 Å². The molecule has 102 valence electrons. The second kappa shape index (κ2) is 4.13. The van der Waals surface area contributed by atoms with E-state index in [0.717, 1.165) is 17.9 Å². The highest BCUT2D eigenvalue weighted by atomic mass is 35.5. The lowest BCUT2D eigenvalue weighted by atomic mass is 9.70. The van der Waals surface area contributed by atoms with E-state index in [0.29, 0.717) is 27.8 Å². The number of aliphatic hydroxyl groups is 1. The fourth-order valence-corrected chi connectivity index (χ4v) is 5.72. The third kappa shape index (κ3) is 1.58. The van der Waals surface area contributed by atoms with Crippen LogP contribution in [-0.2, 0) is 5.60 Å². The molecule has 1 aromatic carbocycles. The van der Waals surface area contributed by atoms with Gasteiger partial charge in [0.25, 0.3) is 0 Å². The standard InChI is InChI=1S/C16H18Cl2O/c17-14-6-2-5-12(15(14)18)16(19)8-9-7-13(16)11-4-1-3-10(9)11/h2,5-6,9-11,13,19H,1,3-4,7-8H2. The van der Waals surface area contributed by atoms with Crippen molar-refractivity contribution in [1.82, 2.24) is 0 Å². The van der Waals surface area contributed by atoms with Crippen LogP contribution in [0.1, 0.15) is 37.7 Å². The van der Waals surface area contributed by atoms with Crippen molar-refractivity contribution >= 4 is 23.2 Å². The first-order chi connectivity index (χ1) is 9.11. The van der Waals surface area contributed by atoms with Crippen LogP contribution in [0.2, 0.25) is 10.0 Å². The zero-order chi connectivity index (χ0) is 13.2. The number of halogens is 2. The van der Waals surface area contributed by atoms with E-state index >= 15 is 0 Å². The van der Waals surface area contributed by atoms with Crippen LogP contribution < -0.4 is 0 Å². The van der Waals surface area contributed by atoms with Crippen LogP contribution in [0.25, 0.3) is 0 Å². The molecule has 3 heteroatoms. The summed E-state index contributed by atoms with van der Waals surface area (Å²) in [5.41, 5.74) is 0.123. The monoisotopic (exact) mass is 296 g/mol. The molecule has 1 aromatic rings. The third-order valence-electron chi connectivity index (χ3n) is 5.91. The minimum atomic E-state index is -0.738. The molecule has 2 bridgehead atoms. The number of fused-ring (bicyclic) bond motifs is 5. The number of hydrogen-bond acceptors (Lipinski definition) is 1. The summed E-state index contributed by atoms with van der Waals surface area (Å²) in [5.74, 6) is 2.65. The largest absolute Gasteiger partial charge is 0.385 e. The maximum atomic E-state index is 11.3. The second-order valence-electron chi connectivity index (χ2n) is 6.59. The molecule has 3 aliphatic rings. The number of rotatable bonds is 1. The molecule has 19 heavy (non-hydrogen) atoms. The van der Waals surface area contributed by atoms with E-state index in [4.69, 9.17) is 23.2 Å². The summed E-state index contributed by atoms with van der Waals surface area (Å²) in [6.07, 6.45) is 6.03. The first-order valence-electron chi connectivity index (χ1n) is 7.28. The Hall–Kier alpha value is -0.240. The molecule has 5 atom stereocenters. The van der Waals surface area contributed by atoms with Crippen LogP contribution in [0.5, 0.6) is 0 Å². The summed E-state index contributed by atoms with van der Waals surface area (Å²) < 4.78 is 0. The Balaban J connectivity index is 1.77. The Morgan fingerprint density at radius 2 is 1.95 bits per heavy atom. The Kier molecular flexibility index (Phi) is 2.72. The first-order valence-corrected chi connectivity index (χ1v) is 8.03. The Bertz CT molecular complexity index is 529. The van der Waals surface area contributed by atoms with Gasteiger partial charge in [-0.2, -0.15) is 0 Å². The molecule has 0 amide bonds. The Labute approximate surface area is 123 Å². The van der Waals surface area contributed by atoms with Gasteiger partial charge in [0.05, 0.1) is 15.6 Å². The molecule has 1 N–H and O–H groups in total. The molecule has 1 nitrogen and oxygen atoms in total. The van der Waals surface area contributed by atoms with Crippen LogP contribution in [0.3, 0.4) is 0 Å². The van der Waals surface area contributed by atoms with Gasteiger partial charge in [0.2, 0.25) is 0 Å².